The minimum Gasteiger partial charge on any atom is -0.325 e. The largest absolute Gasteiger partial charge is 0.325 e. The van der Waals surface area contributed by atoms with E-state index in [2.05, 4.69) is 10.6 Å². The molecule has 5 heteroatoms. The van der Waals surface area contributed by atoms with E-state index in [1.165, 1.54) is 0 Å². The first kappa shape index (κ1) is 15.1. The number of hydrogen-bond donors (Lipinski definition) is 2. The molecule has 2 rings (SSSR count). The number of rotatable bonds is 2. The normalized spacial score (nSPS) is 19.2. The van der Waals surface area contributed by atoms with E-state index in [9.17, 15) is 4.79 Å². The molecule has 20 heavy (non-hydrogen) atoms. The average molecular weight is 296 g/mol. The Bertz CT molecular complexity index is 470. The fourth-order valence-corrected chi connectivity index (χ4v) is 2.62. The molecule has 0 aromatic heterocycles. The first-order valence-corrected chi connectivity index (χ1v) is 7.46. The summed E-state index contributed by atoms with van der Waals surface area (Å²) in [6.45, 7) is 3.96. The average Bonchev–Trinajstić information content (AvgIpc) is 2.71. The molecule has 1 unspecified atom stereocenters. The predicted molar refractivity (Wildman–Crippen MR) is 83.5 cm³/mol. The lowest BCUT2D eigenvalue weighted by molar-refractivity contribution is 0.198. The molecule has 1 aliphatic rings. The van der Waals surface area contributed by atoms with Crippen molar-refractivity contribution in [2.45, 2.75) is 32.2 Å². The summed E-state index contributed by atoms with van der Waals surface area (Å²) >= 11 is 6.07. The van der Waals surface area contributed by atoms with Crippen LogP contribution in [0, 0.1) is 6.92 Å². The van der Waals surface area contributed by atoms with Crippen LogP contribution in [0.3, 0.4) is 0 Å². The van der Waals surface area contributed by atoms with Crippen LogP contribution in [0.2, 0.25) is 5.02 Å². The molecule has 2 N–H and O–H groups in total. The Balaban J connectivity index is 1.97. The smallest absolute Gasteiger partial charge is 0.321 e. The van der Waals surface area contributed by atoms with Gasteiger partial charge in [-0.1, -0.05) is 17.7 Å². The standard InChI is InChI=1S/C15H22ClN3O/c1-11-5-6-12(10-14(11)16)18-15(20)19(2)13-4-3-8-17-9-7-13/h5-6,10,13,17H,3-4,7-9H2,1-2H3,(H,18,20). The molecule has 0 bridgehead atoms. The summed E-state index contributed by atoms with van der Waals surface area (Å²) in [6, 6.07) is 5.80. The lowest BCUT2D eigenvalue weighted by Crippen LogP contribution is -2.40. The van der Waals surface area contributed by atoms with Gasteiger partial charge in [0.2, 0.25) is 0 Å². The Morgan fingerprint density at radius 3 is 2.95 bits per heavy atom. The van der Waals surface area contributed by atoms with E-state index in [0.717, 1.165) is 43.6 Å². The quantitative estimate of drug-likeness (QED) is 0.879. The highest BCUT2D eigenvalue weighted by molar-refractivity contribution is 6.31. The van der Waals surface area contributed by atoms with Gasteiger partial charge >= 0.3 is 6.03 Å². The van der Waals surface area contributed by atoms with Crippen LogP contribution in [0.4, 0.5) is 10.5 Å². The van der Waals surface area contributed by atoms with Crippen molar-refractivity contribution in [2.24, 2.45) is 0 Å². The number of anilines is 1. The van der Waals surface area contributed by atoms with E-state index in [4.69, 9.17) is 11.6 Å². The summed E-state index contributed by atoms with van der Waals surface area (Å²) in [6.07, 6.45) is 3.16. The highest BCUT2D eigenvalue weighted by atomic mass is 35.5. The minimum absolute atomic E-state index is 0.0724. The molecule has 1 aromatic carbocycles. The summed E-state index contributed by atoms with van der Waals surface area (Å²) in [5.41, 5.74) is 1.75. The van der Waals surface area contributed by atoms with Gasteiger partial charge in [0.1, 0.15) is 0 Å². The van der Waals surface area contributed by atoms with E-state index in [1.807, 2.05) is 26.1 Å². The fraction of sp³-hybridized carbons (Fsp3) is 0.533. The molecule has 1 saturated heterocycles. The maximum absolute atomic E-state index is 12.3. The number of urea groups is 1. The van der Waals surface area contributed by atoms with Crippen LogP contribution in [0.25, 0.3) is 0 Å². The maximum Gasteiger partial charge on any atom is 0.321 e. The summed E-state index contributed by atoms with van der Waals surface area (Å²) < 4.78 is 0. The number of benzene rings is 1. The topological polar surface area (TPSA) is 44.4 Å². The minimum atomic E-state index is -0.0724. The number of carbonyl (C=O) groups excluding carboxylic acids is 1. The van der Waals surface area contributed by atoms with Gasteiger partial charge in [0.05, 0.1) is 0 Å². The van der Waals surface area contributed by atoms with Crippen molar-refractivity contribution in [3.8, 4) is 0 Å². The Hall–Kier alpha value is -1.26. The van der Waals surface area contributed by atoms with Crippen molar-refractivity contribution in [3.05, 3.63) is 28.8 Å². The lowest BCUT2D eigenvalue weighted by Gasteiger charge is -2.27. The van der Waals surface area contributed by atoms with Crippen molar-refractivity contribution < 1.29 is 4.79 Å². The van der Waals surface area contributed by atoms with E-state index in [1.54, 1.807) is 11.0 Å². The molecule has 110 valence electrons. The van der Waals surface area contributed by atoms with E-state index in [-0.39, 0.29) is 6.03 Å². The van der Waals surface area contributed by atoms with Crippen LogP contribution >= 0.6 is 11.6 Å². The summed E-state index contributed by atoms with van der Waals surface area (Å²) in [5, 5.41) is 6.94. The second kappa shape index (κ2) is 6.95. The van der Waals surface area contributed by atoms with Gasteiger partial charge in [-0.2, -0.15) is 0 Å². The van der Waals surface area contributed by atoms with Gasteiger partial charge < -0.3 is 15.5 Å². The van der Waals surface area contributed by atoms with Crippen molar-refractivity contribution in [1.82, 2.24) is 10.2 Å². The zero-order chi connectivity index (χ0) is 14.5. The van der Waals surface area contributed by atoms with Gasteiger partial charge in [-0.05, 0) is 57.0 Å². The molecule has 0 spiro atoms. The number of aryl methyl sites for hydroxylation is 1. The molecule has 4 nitrogen and oxygen atoms in total. The lowest BCUT2D eigenvalue weighted by atomic mass is 10.1. The molecule has 1 heterocycles. The second-order valence-corrected chi connectivity index (χ2v) is 5.75. The number of nitrogens with zero attached hydrogens (tertiary/aromatic N) is 1. The Morgan fingerprint density at radius 2 is 2.20 bits per heavy atom. The summed E-state index contributed by atoms with van der Waals surface area (Å²) in [5.74, 6) is 0. The van der Waals surface area contributed by atoms with E-state index < -0.39 is 0 Å². The molecule has 1 fully saturated rings. The van der Waals surface area contributed by atoms with Crippen molar-refractivity contribution in [3.63, 3.8) is 0 Å². The number of amides is 2. The monoisotopic (exact) mass is 295 g/mol. The molecule has 1 aliphatic heterocycles. The molecular weight excluding hydrogens is 274 g/mol. The Labute approximate surface area is 125 Å². The number of carbonyl (C=O) groups is 1. The number of nitrogens with one attached hydrogen (secondary N) is 2. The highest BCUT2D eigenvalue weighted by Gasteiger charge is 2.21. The second-order valence-electron chi connectivity index (χ2n) is 5.34. The molecule has 2 amide bonds. The van der Waals surface area contributed by atoms with Crippen molar-refractivity contribution >= 4 is 23.3 Å². The van der Waals surface area contributed by atoms with E-state index in [0.29, 0.717) is 11.1 Å². The molecule has 0 saturated carbocycles. The van der Waals surface area contributed by atoms with Gasteiger partial charge in [0.15, 0.2) is 0 Å². The summed E-state index contributed by atoms with van der Waals surface area (Å²) in [4.78, 5) is 14.1. The van der Waals surface area contributed by atoms with E-state index >= 15 is 0 Å². The molecular formula is C15H22ClN3O. The number of halogens is 1. The van der Waals surface area contributed by atoms with Gasteiger partial charge in [0, 0.05) is 23.8 Å². The van der Waals surface area contributed by atoms with Gasteiger partial charge in [-0.25, -0.2) is 4.79 Å². The van der Waals surface area contributed by atoms with Crippen molar-refractivity contribution in [1.29, 1.82) is 0 Å². The Morgan fingerprint density at radius 1 is 1.40 bits per heavy atom. The molecule has 1 atom stereocenters. The van der Waals surface area contributed by atoms with Crippen LogP contribution in [-0.2, 0) is 0 Å². The van der Waals surface area contributed by atoms with Crippen LogP contribution < -0.4 is 10.6 Å². The predicted octanol–water partition coefficient (Wildman–Crippen LogP) is 3.25. The Kier molecular flexibility index (Phi) is 5.26. The third-order valence-electron chi connectivity index (χ3n) is 3.84. The molecule has 0 radical (unpaired) electrons. The molecule has 1 aromatic rings. The van der Waals surface area contributed by atoms with Crippen molar-refractivity contribution in [2.75, 3.05) is 25.5 Å². The first-order valence-electron chi connectivity index (χ1n) is 7.08. The van der Waals surface area contributed by atoms with Gasteiger partial charge in [-0.15, -0.1) is 0 Å². The van der Waals surface area contributed by atoms with Crippen LogP contribution in [-0.4, -0.2) is 37.1 Å². The zero-order valence-electron chi connectivity index (χ0n) is 12.1. The van der Waals surface area contributed by atoms with Gasteiger partial charge in [-0.3, -0.25) is 0 Å². The maximum atomic E-state index is 12.3. The number of hydrogen-bond acceptors (Lipinski definition) is 2. The molecule has 0 aliphatic carbocycles. The third-order valence-corrected chi connectivity index (χ3v) is 4.24. The van der Waals surface area contributed by atoms with Crippen LogP contribution in [0.15, 0.2) is 18.2 Å². The third kappa shape index (κ3) is 3.87. The van der Waals surface area contributed by atoms with Crippen LogP contribution in [0.5, 0.6) is 0 Å². The summed E-state index contributed by atoms with van der Waals surface area (Å²) in [7, 11) is 1.86. The fourth-order valence-electron chi connectivity index (χ4n) is 2.44. The highest BCUT2D eigenvalue weighted by Crippen LogP contribution is 2.21. The zero-order valence-corrected chi connectivity index (χ0v) is 12.8. The van der Waals surface area contributed by atoms with Crippen LogP contribution in [0.1, 0.15) is 24.8 Å². The SMILES string of the molecule is Cc1ccc(NC(=O)N(C)C2CCCNCC2)cc1Cl. The van der Waals surface area contributed by atoms with Gasteiger partial charge in [0.25, 0.3) is 0 Å². The first-order chi connectivity index (χ1) is 9.58.